The average Bonchev–Trinajstić information content (AvgIpc) is 2.43. The predicted octanol–water partition coefficient (Wildman–Crippen LogP) is -1.53. The molecule has 0 unspecified atom stereocenters. The van der Waals surface area contributed by atoms with Crippen molar-refractivity contribution in [1.82, 2.24) is 10.2 Å². The first-order valence-corrected chi connectivity index (χ1v) is 5.14. The molecule has 2 atom stereocenters. The molecule has 84 valence electrons. The quantitative estimate of drug-likeness (QED) is 0.461. The fourth-order valence-electron chi connectivity index (χ4n) is 1.84. The van der Waals surface area contributed by atoms with E-state index in [1.54, 1.807) is 6.92 Å². The summed E-state index contributed by atoms with van der Waals surface area (Å²) in [4.78, 5) is 13.4. The second-order valence-corrected chi connectivity index (χ2v) is 4.18. The van der Waals surface area contributed by atoms with E-state index in [1.165, 1.54) is 4.90 Å². The molecule has 1 amide bonds. The van der Waals surface area contributed by atoms with Gasteiger partial charge in [-0.25, -0.2) is 0 Å². The fraction of sp³-hybridized carbons (Fsp3) is 0.700. The molecule has 2 aliphatic heterocycles. The van der Waals surface area contributed by atoms with E-state index >= 15 is 0 Å². The summed E-state index contributed by atoms with van der Waals surface area (Å²) in [6.45, 7) is 3.82. The molecule has 2 heterocycles. The SMILES string of the molecule is CC(C(=O)N1C[C@@H](O)[C@@H](O)C1)=C1CNC1. The van der Waals surface area contributed by atoms with Gasteiger partial charge in [-0.15, -0.1) is 0 Å². The monoisotopic (exact) mass is 212 g/mol. The van der Waals surface area contributed by atoms with Gasteiger partial charge >= 0.3 is 0 Å². The topological polar surface area (TPSA) is 72.8 Å². The minimum Gasteiger partial charge on any atom is -0.388 e. The van der Waals surface area contributed by atoms with E-state index in [0.717, 1.165) is 24.2 Å². The van der Waals surface area contributed by atoms with Gasteiger partial charge in [0.15, 0.2) is 0 Å². The van der Waals surface area contributed by atoms with Crippen molar-refractivity contribution in [3.05, 3.63) is 11.1 Å². The number of amides is 1. The van der Waals surface area contributed by atoms with E-state index in [1.807, 2.05) is 0 Å². The summed E-state index contributed by atoms with van der Waals surface area (Å²) in [5.41, 5.74) is 1.87. The Bertz CT molecular complexity index is 298. The highest BCUT2D eigenvalue weighted by Crippen LogP contribution is 2.16. The summed E-state index contributed by atoms with van der Waals surface area (Å²) in [5.74, 6) is -0.0675. The first kappa shape index (κ1) is 10.6. The smallest absolute Gasteiger partial charge is 0.249 e. The summed E-state index contributed by atoms with van der Waals surface area (Å²) in [5, 5.41) is 21.8. The molecule has 15 heavy (non-hydrogen) atoms. The standard InChI is InChI=1S/C10H16N2O3/c1-6(7-2-11-3-7)10(15)12-4-8(13)9(14)5-12/h8-9,11,13-14H,2-5H2,1H3/t8-,9+. The Hall–Kier alpha value is -0.910. The highest BCUT2D eigenvalue weighted by molar-refractivity contribution is 5.94. The normalized spacial score (nSPS) is 30.3. The van der Waals surface area contributed by atoms with Crippen molar-refractivity contribution in [2.45, 2.75) is 19.1 Å². The van der Waals surface area contributed by atoms with E-state index < -0.39 is 12.2 Å². The third kappa shape index (κ3) is 1.90. The maximum Gasteiger partial charge on any atom is 0.249 e. The minimum absolute atomic E-state index is 0.0675. The van der Waals surface area contributed by atoms with Gasteiger partial charge in [0.05, 0.1) is 12.2 Å². The highest BCUT2D eigenvalue weighted by Gasteiger charge is 2.33. The molecule has 2 fully saturated rings. The zero-order valence-corrected chi connectivity index (χ0v) is 8.73. The van der Waals surface area contributed by atoms with Crippen molar-refractivity contribution >= 4 is 5.91 Å². The molecule has 0 spiro atoms. The summed E-state index contributed by atoms with van der Waals surface area (Å²) in [6.07, 6.45) is -1.60. The Morgan fingerprint density at radius 3 is 2.27 bits per heavy atom. The Balaban J connectivity index is 2.03. The van der Waals surface area contributed by atoms with Crippen LogP contribution in [0, 0.1) is 0 Å². The number of rotatable bonds is 1. The van der Waals surface area contributed by atoms with Crippen LogP contribution < -0.4 is 5.32 Å². The lowest BCUT2D eigenvalue weighted by Gasteiger charge is -2.24. The molecule has 0 bridgehead atoms. The number of aliphatic hydroxyl groups is 2. The summed E-state index contributed by atoms with van der Waals surface area (Å²) < 4.78 is 0. The maximum atomic E-state index is 11.9. The van der Waals surface area contributed by atoms with Gasteiger partial charge in [-0.3, -0.25) is 4.79 Å². The first-order chi connectivity index (χ1) is 7.09. The van der Waals surface area contributed by atoms with Crippen LogP contribution in [0.3, 0.4) is 0 Å². The predicted molar refractivity (Wildman–Crippen MR) is 54.2 cm³/mol. The van der Waals surface area contributed by atoms with Crippen molar-refractivity contribution in [2.75, 3.05) is 26.2 Å². The van der Waals surface area contributed by atoms with Crippen molar-refractivity contribution in [3.8, 4) is 0 Å². The van der Waals surface area contributed by atoms with Crippen LogP contribution in [-0.2, 0) is 4.79 Å². The molecule has 5 heteroatoms. The molecule has 2 aliphatic rings. The minimum atomic E-state index is -0.800. The molecule has 3 N–H and O–H groups in total. The zero-order chi connectivity index (χ0) is 11.0. The number of β-amino-alcohol motifs (C(OH)–C–C–N with tert-alkyl or cyclic N) is 2. The van der Waals surface area contributed by atoms with Crippen molar-refractivity contribution < 1.29 is 15.0 Å². The molecular weight excluding hydrogens is 196 g/mol. The number of nitrogens with one attached hydrogen (secondary N) is 1. The van der Waals surface area contributed by atoms with Crippen LogP contribution in [0.5, 0.6) is 0 Å². The third-order valence-electron chi connectivity index (χ3n) is 3.07. The van der Waals surface area contributed by atoms with Crippen LogP contribution in [0.2, 0.25) is 0 Å². The molecule has 0 aromatic heterocycles. The number of likely N-dealkylation sites (tertiary alicyclic amines) is 1. The molecule has 2 saturated heterocycles. The number of nitrogens with zero attached hydrogens (tertiary/aromatic N) is 1. The van der Waals surface area contributed by atoms with E-state index in [-0.39, 0.29) is 19.0 Å². The number of aliphatic hydroxyl groups excluding tert-OH is 2. The maximum absolute atomic E-state index is 11.9. The van der Waals surface area contributed by atoms with Crippen LogP contribution in [0.1, 0.15) is 6.92 Å². The summed E-state index contributed by atoms with van der Waals surface area (Å²) >= 11 is 0. The molecular formula is C10H16N2O3. The molecule has 0 radical (unpaired) electrons. The van der Waals surface area contributed by atoms with E-state index in [2.05, 4.69) is 5.32 Å². The Kier molecular flexibility index (Phi) is 2.77. The van der Waals surface area contributed by atoms with Gasteiger partial charge in [0.2, 0.25) is 5.91 Å². The molecule has 2 rings (SSSR count). The van der Waals surface area contributed by atoms with Crippen LogP contribution in [0.15, 0.2) is 11.1 Å². The average molecular weight is 212 g/mol. The summed E-state index contributed by atoms with van der Waals surface area (Å²) in [7, 11) is 0. The van der Waals surface area contributed by atoms with E-state index in [9.17, 15) is 15.0 Å². The second-order valence-electron chi connectivity index (χ2n) is 4.18. The van der Waals surface area contributed by atoms with Crippen molar-refractivity contribution in [2.24, 2.45) is 0 Å². The molecule has 0 aromatic rings. The van der Waals surface area contributed by atoms with Gasteiger partial charge in [0.25, 0.3) is 0 Å². The van der Waals surface area contributed by atoms with Crippen molar-refractivity contribution in [1.29, 1.82) is 0 Å². The lowest BCUT2D eigenvalue weighted by Crippen LogP contribution is -2.38. The molecule has 0 saturated carbocycles. The number of hydrogen-bond donors (Lipinski definition) is 3. The number of hydrogen-bond acceptors (Lipinski definition) is 4. The van der Waals surface area contributed by atoms with Gasteiger partial charge in [-0.2, -0.15) is 0 Å². The number of carbonyl (C=O) groups excluding carboxylic acids is 1. The second kappa shape index (κ2) is 3.92. The molecule has 5 nitrogen and oxygen atoms in total. The van der Waals surface area contributed by atoms with Crippen LogP contribution in [0.4, 0.5) is 0 Å². The summed E-state index contributed by atoms with van der Waals surface area (Å²) in [6, 6.07) is 0. The lowest BCUT2D eigenvalue weighted by molar-refractivity contribution is -0.126. The van der Waals surface area contributed by atoms with Crippen LogP contribution in [0.25, 0.3) is 0 Å². The van der Waals surface area contributed by atoms with Gasteiger partial charge in [0.1, 0.15) is 0 Å². The van der Waals surface area contributed by atoms with Gasteiger partial charge in [-0.1, -0.05) is 0 Å². The first-order valence-electron chi connectivity index (χ1n) is 5.14. The third-order valence-corrected chi connectivity index (χ3v) is 3.07. The largest absolute Gasteiger partial charge is 0.388 e. The lowest BCUT2D eigenvalue weighted by atomic mass is 10.0. The van der Waals surface area contributed by atoms with Crippen LogP contribution >= 0.6 is 0 Å². The van der Waals surface area contributed by atoms with E-state index in [0.29, 0.717) is 0 Å². The Morgan fingerprint density at radius 1 is 1.33 bits per heavy atom. The molecule has 0 aromatic carbocycles. The van der Waals surface area contributed by atoms with Crippen molar-refractivity contribution in [3.63, 3.8) is 0 Å². The van der Waals surface area contributed by atoms with Gasteiger partial charge in [-0.05, 0) is 12.5 Å². The van der Waals surface area contributed by atoms with Crippen LogP contribution in [-0.4, -0.2) is 59.4 Å². The fourth-order valence-corrected chi connectivity index (χ4v) is 1.84. The Labute approximate surface area is 88.4 Å². The number of carbonyl (C=O) groups is 1. The highest BCUT2D eigenvalue weighted by atomic mass is 16.3. The van der Waals surface area contributed by atoms with Gasteiger partial charge < -0.3 is 20.4 Å². The van der Waals surface area contributed by atoms with E-state index in [4.69, 9.17) is 0 Å². The zero-order valence-electron chi connectivity index (χ0n) is 8.73. The van der Waals surface area contributed by atoms with Gasteiger partial charge in [0, 0.05) is 31.8 Å². The Morgan fingerprint density at radius 2 is 1.87 bits per heavy atom. The molecule has 0 aliphatic carbocycles.